The third-order valence-corrected chi connectivity index (χ3v) is 5.60. The summed E-state index contributed by atoms with van der Waals surface area (Å²) in [7, 11) is 1.95. The molecular weight excluding hydrogens is 358 g/mol. The van der Waals surface area contributed by atoms with Crippen molar-refractivity contribution in [2.45, 2.75) is 52.0 Å². The smallest absolute Gasteiger partial charge is 0.220 e. The van der Waals surface area contributed by atoms with E-state index in [-0.39, 0.29) is 11.9 Å². The number of carbonyl (C=O) groups is 1. The van der Waals surface area contributed by atoms with Gasteiger partial charge < -0.3 is 5.32 Å². The molecule has 0 saturated heterocycles. The van der Waals surface area contributed by atoms with E-state index >= 15 is 0 Å². The van der Waals surface area contributed by atoms with Crippen molar-refractivity contribution in [2.24, 2.45) is 7.05 Å². The van der Waals surface area contributed by atoms with Crippen LogP contribution in [-0.2, 0) is 24.7 Å². The predicted octanol–water partition coefficient (Wildman–Crippen LogP) is 4.85. The van der Waals surface area contributed by atoms with Crippen molar-refractivity contribution in [3.05, 3.63) is 88.7 Å². The van der Waals surface area contributed by atoms with Crippen LogP contribution < -0.4 is 5.32 Å². The van der Waals surface area contributed by atoms with E-state index in [0.717, 1.165) is 37.1 Å². The highest BCUT2D eigenvalue weighted by molar-refractivity contribution is 5.76. The topological polar surface area (TPSA) is 46.9 Å². The van der Waals surface area contributed by atoms with Crippen molar-refractivity contribution in [3.8, 4) is 0 Å². The maximum Gasteiger partial charge on any atom is 0.220 e. The first kappa shape index (κ1) is 20.8. The second-order valence-corrected chi connectivity index (χ2v) is 7.68. The van der Waals surface area contributed by atoms with Gasteiger partial charge in [-0.3, -0.25) is 9.48 Å². The maximum absolute atomic E-state index is 12.7. The quantitative estimate of drug-likeness (QED) is 0.569. The normalized spacial score (nSPS) is 12.0. The molecule has 1 heterocycles. The Hall–Kier alpha value is -2.88. The van der Waals surface area contributed by atoms with Crippen molar-refractivity contribution in [2.75, 3.05) is 0 Å². The monoisotopic (exact) mass is 389 g/mol. The highest BCUT2D eigenvalue weighted by atomic mass is 16.1. The second-order valence-electron chi connectivity index (χ2n) is 7.68. The van der Waals surface area contributed by atoms with Gasteiger partial charge in [-0.1, -0.05) is 60.7 Å². The molecular formula is C25H31N3O. The molecule has 0 aliphatic heterocycles. The van der Waals surface area contributed by atoms with Gasteiger partial charge in [0, 0.05) is 19.2 Å². The zero-order valence-corrected chi connectivity index (χ0v) is 17.7. The number of rotatable bonds is 9. The molecule has 0 aliphatic rings. The van der Waals surface area contributed by atoms with Gasteiger partial charge in [0.05, 0.1) is 11.7 Å². The van der Waals surface area contributed by atoms with Gasteiger partial charge in [-0.2, -0.15) is 5.10 Å². The van der Waals surface area contributed by atoms with Crippen LogP contribution >= 0.6 is 0 Å². The minimum Gasteiger partial charge on any atom is -0.349 e. The van der Waals surface area contributed by atoms with Crippen molar-refractivity contribution in [3.63, 3.8) is 0 Å². The van der Waals surface area contributed by atoms with Crippen LogP contribution in [0.15, 0.2) is 60.7 Å². The van der Waals surface area contributed by atoms with Crippen LogP contribution in [0.1, 0.15) is 53.4 Å². The summed E-state index contributed by atoms with van der Waals surface area (Å²) in [4.78, 5) is 12.7. The van der Waals surface area contributed by atoms with Gasteiger partial charge in [-0.25, -0.2) is 0 Å². The summed E-state index contributed by atoms with van der Waals surface area (Å²) in [5.41, 5.74) is 5.84. The average molecular weight is 390 g/mol. The number of aromatic nitrogens is 2. The fourth-order valence-corrected chi connectivity index (χ4v) is 3.85. The molecule has 0 spiro atoms. The summed E-state index contributed by atoms with van der Waals surface area (Å²) >= 11 is 0. The lowest BCUT2D eigenvalue weighted by molar-refractivity contribution is -0.121. The third kappa shape index (κ3) is 5.80. The Labute approximate surface area is 174 Å². The van der Waals surface area contributed by atoms with E-state index in [1.54, 1.807) is 0 Å². The van der Waals surface area contributed by atoms with Gasteiger partial charge >= 0.3 is 0 Å². The zero-order chi connectivity index (χ0) is 20.6. The van der Waals surface area contributed by atoms with E-state index in [4.69, 9.17) is 0 Å². The lowest BCUT2D eigenvalue weighted by Crippen LogP contribution is -2.29. The fourth-order valence-electron chi connectivity index (χ4n) is 3.85. The molecule has 0 fully saturated rings. The van der Waals surface area contributed by atoms with E-state index in [1.807, 2.05) is 42.9 Å². The summed E-state index contributed by atoms with van der Waals surface area (Å²) in [6.45, 7) is 4.07. The summed E-state index contributed by atoms with van der Waals surface area (Å²) in [5.74, 6) is 0.0983. The van der Waals surface area contributed by atoms with Gasteiger partial charge in [0.25, 0.3) is 0 Å². The number of carbonyl (C=O) groups excluding carboxylic acids is 1. The van der Waals surface area contributed by atoms with Crippen LogP contribution in [0.5, 0.6) is 0 Å². The van der Waals surface area contributed by atoms with Crippen LogP contribution in [0.3, 0.4) is 0 Å². The average Bonchev–Trinajstić information content (AvgIpc) is 2.98. The molecule has 29 heavy (non-hydrogen) atoms. The number of benzene rings is 2. The Bertz CT molecular complexity index is 916. The van der Waals surface area contributed by atoms with E-state index in [1.165, 1.54) is 16.7 Å². The molecule has 0 bridgehead atoms. The number of hydrogen-bond acceptors (Lipinski definition) is 2. The van der Waals surface area contributed by atoms with Gasteiger partial charge in [-0.05, 0) is 56.2 Å². The molecule has 0 aliphatic carbocycles. The van der Waals surface area contributed by atoms with Gasteiger partial charge in [-0.15, -0.1) is 0 Å². The van der Waals surface area contributed by atoms with Crippen LogP contribution in [0, 0.1) is 13.8 Å². The van der Waals surface area contributed by atoms with Crippen molar-refractivity contribution >= 4 is 5.91 Å². The number of amides is 1. The van der Waals surface area contributed by atoms with Crippen LogP contribution in [0.2, 0.25) is 0 Å². The third-order valence-electron chi connectivity index (χ3n) is 5.60. The van der Waals surface area contributed by atoms with Gasteiger partial charge in [0.15, 0.2) is 0 Å². The first-order valence-corrected chi connectivity index (χ1v) is 10.4. The lowest BCUT2D eigenvalue weighted by Gasteiger charge is -2.19. The molecule has 152 valence electrons. The SMILES string of the molecule is Cc1nn(C)c(C)c1CCC(=O)NC(CCCc1ccccc1)c1ccccc1. The summed E-state index contributed by atoms with van der Waals surface area (Å²) in [5, 5.41) is 7.72. The Morgan fingerprint density at radius 1 is 1.00 bits per heavy atom. The second kappa shape index (κ2) is 10.1. The molecule has 1 unspecified atom stereocenters. The van der Waals surface area contributed by atoms with Crippen molar-refractivity contribution in [1.82, 2.24) is 15.1 Å². The lowest BCUT2D eigenvalue weighted by atomic mass is 9.98. The first-order valence-electron chi connectivity index (χ1n) is 10.4. The van der Waals surface area contributed by atoms with Gasteiger partial charge in [0.1, 0.15) is 0 Å². The highest BCUT2D eigenvalue weighted by Gasteiger charge is 2.16. The fraction of sp³-hybridized carbons (Fsp3) is 0.360. The molecule has 0 saturated carbocycles. The van der Waals surface area contributed by atoms with E-state index in [9.17, 15) is 4.79 Å². The Kier molecular flexibility index (Phi) is 7.23. The van der Waals surface area contributed by atoms with E-state index in [0.29, 0.717) is 6.42 Å². The highest BCUT2D eigenvalue weighted by Crippen LogP contribution is 2.21. The number of nitrogens with zero attached hydrogens (tertiary/aromatic N) is 2. The number of aryl methyl sites for hydroxylation is 3. The molecule has 1 amide bonds. The summed E-state index contributed by atoms with van der Waals surface area (Å²) in [6, 6.07) is 20.9. The Morgan fingerprint density at radius 3 is 2.28 bits per heavy atom. The summed E-state index contributed by atoms with van der Waals surface area (Å²) < 4.78 is 1.89. The molecule has 1 N–H and O–H groups in total. The molecule has 1 atom stereocenters. The molecule has 1 aromatic heterocycles. The first-order chi connectivity index (χ1) is 14.0. The molecule has 4 nitrogen and oxygen atoms in total. The van der Waals surface area contributed by atoms with Crippen LogP contribution in [0.25, 0.3) is 0 Å². The Morgan fingerprint density at radius 2 is 1.66 bits per heavy atom. The molecule has 3 aromatic rings. The minimum atomic E-state index is 0.0449. The maximum atomic E-state index is 12.7. The Balaban J connectivity index is 1.59. The molecule has 3 rings (SSSR count). The van der Waals surface area contributed by atoms with Crippen molar-refractivity contribution < 1.29 is 4.79 Å². The van der Waals surface area contributed by atoms with E-state index < -0.39 is 0 Å². The minimum absolute atomic E-state index is 0.0449. The van der Waals surface area contributed by atoms with Crippen LogP contribution in [-0.4, -0.2) is 15.7 Å². The van der Waals surface area contributed by atoms with E-state index in [2.05, 4.69) is 53.7 Å². The number of hydrogen-bond donors (Lipinski definition) is 1. The largest absolute Gasteiger partial charge is 0.349 e. The van der Waals surface area contributed by atoms with Crippen LogP contribution in [0.4, 0.5) is 0 Å². The standard InChI is InChI=1S/C25H31N3O/c1-19-23(20(2)28(3)27-19)17-18-25(29)26-24(22-14-8-5-9-15-22)16-10-13-21-11-6-4-7-12-21/h4-9,11-12,14-15,24H,10,13,16-18H2,1-3H3,(H,26,29). The van der Waals surface area contributed by atoms with Gasteiger partial charge in [0.2, 0.25) is 5.91 Å². The molecule has 4 heteroatoms. The van der Waals surface area contributed by atoms with Crippen molar-refractivity contribution in [1.29, 1.82) is 0 Å². The molecule has 0 radical (unpaired) electrons. The predicted molar refractivity (Wildman–Crippen MR) is 118 cm³/mol. The number of nitrogens with one attached hydrogen (secondary N) is 1. The summed E-state index contributed by atoms with van der Waals surface area (Å²) in [6.07, 6.45) is 4.19. The zero-order valence-electron chi connectivity index (χ0n) is 17.7. The molecule has 2 aromatic carbocycles.